The fraction of sp³-hybridized carbons (Fsp3) is 0.333. The molecule has 7 heteroatoms. The van der Waals surface area contributed by atoms with E-state index in [0.717, 1.165) is 35.7 Å². The number of amides is 1. The average molecular weight is 421 g/mol. The van der Waals surface area contributed by atoms with Crippen LogP contribution in [0.5, 0.6) is 5.75 Å². The maximum Gasteiger partial charge on any atom is 0.269 e. The van der Waals surface area contributed by atoms with Gasteiger partial charge in [0.15, 0.2) is 0 Å². The highest BCUT2D eigenvalue weighted by molar-refractivity contribution is 5.93. The molecule has 162 valence electrons. The third-order valence-corrected chi connectivity index (χ3v) is 5.61. The standard InChI is InChI=1S/C24H28N4O3/c1-17-3-5-18(6-4-17)21-15-22(27-26-21)24(29)25-16-23(28-11-13-31-14-12-28)19-7-9-20(30-2)10-8-19/h3-10,15,23H,11-14,16H2,1-2H3,(H,25,29)(H,26,27). The Kier molecular flexibility index (Phi) is 6.64. The van der Waals surface area contributed by atoms with Gasteiger partial charge in [-0.25, -0.2) is 0 Å². The molecule has 1 fully saturated rings. The van der Waals surface area contributed by atoms with Gasteiger partial charge in [-0.15, -0.1) is 0 Å². The number of hydrogen-bond acceptors (Lipinski definition) is 5. The summed E-state index contributed by atoms with van der Waals surface area (Å²) in [5.74, 6) is 0.646. The van der Waals surface area contributed by atoms with Crippen LogP contribution < -0.4 is 10.1 Å². The van der Waals surface area contributed by atoms with Crippen molar-refractivity contribution < 1.29 is 14.3 Å². The van der Waals surface area contributed by atoms with Gasteiger partial charge in [0.05, 0.1) is 32.1 Å². The van der Waals surface area contributed by atoms with Crippen molar-refractivity contribution in [3.63, 3.8) is 0 Å². The van der Waals surface area contributed by atoms with E-state index in [1.165, 1.54) is 5.56 Å². The van der Waals surface area contributed by atoms with Crippen molar-refractivity contribution in [2.75, 3.05) is 40.0 Å². The Morgan fingerprint density at radius 2 is 1.87 bits per heavy atom. The summed E-state index contributed by atoms with van der Waals surface area (Å²) < 4.78 is 10.8. The fourth-order valence-corrected chi connectivity index (χ4v) is 3.77. The van der Waals surface area contributed by atoms with Crippen molar-refractivity contribution in [3.05, 3.63) is 71.4 Å². The maximum absolute atomic E-state index is 12.8. The highest BCUT2D eigenvalue weighted by Gasteiger charge is 2.24. The van der Waals surface area contributed by atoms with Gasteiger partial charge in [0.2, 0.25) is 0 Å². The molecule has 1 saturated heterocycles. The quantitative estimate of drug-likeness (QED) is 0.614. The number of morpholine rings is 1. The minimum atomic E-state index is -0.169. The van der Waals surface area contributed by atoms with Gasteiger partial charge in [-0.05, 0) is 30.7 Å². The van der Waals surface area contributed by atoms with Gasteiger partial charge in [-0.3, -0.25) is 14.8 Å². The number of nitrogens with one attached hydrogen (secondary N) is 2. The molecule has 3 aromatic rings. The Morgan fingerprint density at radius 1 is 1.16 bits per heavy atom. The van der Waals surface area contributed by atoms with E-state index < -0.39 is 0 Å². The summed E-state index contributed by atoms with van der Waals surface area (Å²) in [6.45, 7) is 5.58. The van der Waals surface area contributed by atoms with Crippen LogP contribution in [0.3, 0.4) is 0 Å². The van der Waals surface area contributed by atoms with Crippen LogP contribution in [0, 0.1) is 6.92 Å². The highest BCUT2D eigenvalue weighted by Crippen LogP contribution is 2.24. The fourth-order valence-electron chi connectivity index (χ4n) is 3.77. The van der Waals surface area contributed by atoms with Crippen LogP contribution in [-0.2, 0) is 4.74 Å². The number of aromatic nitrogens is 2. The smallest absolute Gasteiger partial charge is 0.269 e. The van der Waals surface area contributed by atoms with Crippen molar-refractivity contribution in [3.8, 4) is 17.0 Å². The van der Waals surface area contributed by atoms with Gasteiger partial charge in [0.25, 0.3) is 5.91 Å². The van der Waals surface area contributed by atoms with E-state index in [2.05, 4.69) is 32.5 Å². The van der Waals surface area contributed by atoms with E-state index in [1.807, 2.05) is 43.3 Å². The van der Waals surface area contributed by atoms with E-state index in [0.29, 0.717) is 25.5 Å². The Balaban J connectivity index is 1.46. The molecule has 7 nitrogen and oxygen atoms in total. The Hall–Kier alpha value is -3.16. The summed E-state index contributed by atoms with van der Waals surface area (Å²) >= 11 is 0. The van der Waals surface area contributed by atoms with Crippen LogP contribution in [0.1, 0.15) is 27.7 Å². The molecule has 2 aromatic carbocycles. The molecule has 31 heavy (non-hydrogen) atoms. The number of ether oxygens (including phenoxy) is 2. The Bertz CT molecular complexity index is 992. The Morgan fingerprint density at radius 3 is 2.55 bits per heavy atom. The number of carbonyl (C=O) groups is 1. The van der Waals surface area contributed by atoms with Gasteiger partial charge >= 0.3 is 0 Å². The highest BCUT2D eigenvalue weighted by atomic mass is 16.5. The number of H-pyrrole nitrogens is 1. The molecule has 0 saturated carbocycles. The van der Waals surface area contributed by atoms with Crippen LogP contribution >= 0.6 is 0 Å². The minimum absolute atomic E-state index is 0.0539. The van der Waals surface area contributed by atoms with Crippen molar-refractivity contribution in [1.82, 2.24) is 20.4 Å². The zero-order valence-corrected chi connectivity index (χ0v) is 17.9. The number of methoxy groups -OCH3 is 1. The molecule has 0 bridgehead atoms. The number of aryl methyl sites for hydroxylation is 1. The van der Waals surface area contributed by atoms with Gasteiger partial charge in [-0.1, -0.05) is 42.0 Å². The van der Waals surface area contributed by atoms with Crippen LogP contribution in [0.4, 0.5) is 0 Å². The summed E-state index contributed by atoms with van der Waals surface area (Å²) in [7, 11) is 1.66. The molecule has 2 heterocycles. The van der Waals surface area contributed by atoms with Crippen molar-refractivity contribution in [2.24, 2.45) is 0 Å². The SMILES string of the molecule is COc1ccc(C(CNC(=O)c2cc(-c3ccc(C)cc3)n[nH]2)N2CCOCC2)cc1. The normalized spacial score (nSPS) is 15.4. The largest absolute Gasteiger partial charge is 0.497 e. The summed E-state index contributed by atoms with van der Waals surface area (Å²) in [5, 5.41) is 10.2. The number of aromatic amines is 1. The number of hydrogen-bond donors (Lipinski definition) is 2. The number of nitrogens with zero attached hydrogens (tertiary/aromatic N) is 2. The molecular formula is C24H28N4O3. The molecule has 1 aromatic heterocycles. The monoisotopic (exact) mass is 420 g/mol. The zero-order chi connectivity index (χ0) is 21.6. The first kappa shape index (κ1) is 21.1. The molecule has 0 aliphatic carbocycles. The molecule has 1 aliphatic rings. The predicted molar refractivity (Wildman–Crippen MR) is 119 cm³/mol. The first-order valence-corrected chi connectivity index (χ1v) is 10.5. The third-order valence-electron chi connectivity index (χ3n) is 5.61. The van der Waals surface area contributed by atoms with Gasteiger partial charge in [0, 0.05) is 25.2 Å². The zero-order valence-electron chi connectivity index (χ0n) is 17.9. The molecule has 4 rings (SSSR count). The van der Waals surface area contributed by atoms with Gasteiger partial charge in [-0.2, -0.15) is 5.10 Å². The second-order valence-electron chi connectivity index (χ2n) is 7.68. The number of benzene rings is 2. The summed E-state index contributed by atoms with van der Waals surface area (Å²) in [6, 6.07) is 17.9. The maximum atomic E-state index is 12.8. The summed E-state index contributed by atoms with van der Waals surface area (Å²) in [5.41, 5.74) is 4.50. The minimum Gasteiger partial charge on any atom is -0.497 e. The molecule has 2 N–H and O–H groups in total. The van der Waals surface area contributed by atoms with Gasteiger partial charge in [0.1, 0.15) is 11.4 Å². The van der Waals surface area contributed by atoms with Gasteiger partial charge < -0.3 is 14.8 Å². The lowest BCUT2D eigenvalue weighted by Crippen LogP contribution is -2.43. The second-order valence-corrected chi connectivity index (χ2v) is 7.68. The van der Waals surface area contributed by atoms with E-state index >= 15 is 0 Å². The molecule has 0 radical (unpaired) electrons. The van der Waals surface area contributed by atoms with Crippen molar-refractivity contribution >= 4 is 5.91 Å². The topological polar surface area (TPSA) is 79.5 Å². The molecule has 1 aliphatic heterocycles. The van der Waals surface area contributed by atoms with E-state index in [4.69, 9.17) is 9.47 Å². The lowest BCUT2D eigenvalue weighted by molar-refractivity contribution is 0.0162. The van der Waals surface area contributed by atoms with Crippen molar-refractivity contribution in [1.29, 1.82) is 0 Å². The lowest BCUT2D eigenvalue weighted by Gasteiger charge is -2.35. The lowest BCUT2D eigenvalue weighted by atomic mass is 10.0. The summed E-state index contributed by atoms with van der Waals surface area (Å²) in [4.78, 5) is 15.2. The van der Waals surface area contributed by atoms with Crippen molar-refractivity contribution in [2.45, 2.75) is 13.0 Å². The second kappa shape index (κ2) is 9.76. The number of carbonyl (C=O) groups excluding carboxylic acids is 1. The molecule has 0 spiro atoms. The Labute approximate surface area is 182 Å². The van der Waals surface area contributed by atoms with E-state index in [1.54, 1.807) is 13.2 Å². The van der Waals surface area contributed by atoms with Crippen LogP contribution in [0.25, 0.3) is 11.3 Å². The molecule has 1 atom stereocenters. The first-order chi connectivity index (χ1) is 15.1. The van der Waals surface area contributed by atoms with Crippen LogP contribution in [0.15, 0.2) is 54.6 Å². The van der Waals surface area contributed by atoms with Crippen LogP contribution in [-0.4, -0.2) is 61.0 Å². The van der Waals surface area contributed by atoms with Crippen LogP contribution in [0.2, 0.25) is 0 Å². The molecular weight excluding hydrogens is 392 g/mol. The van der Waals surface area contributed by atoms with E-state index in [-0.39, 0.29) is 11.9 Å². The number of rotatable bonds is 7. The predicted octanol–water partition coefficient (Wildman–Crippen LogP) is 3.20. The van der Waals surface area contributed by atoms with E-state index in [9.17, 15) is 4.79 Å². The first-order valence-electron chi connectivity index (χ1n) is 10.5. The average Bonchev–Trinajstić information content (AvgIpc) is 3.31. The molecule has 1 unspecified atom stereocenters. The summed E-state index contributed by atoms with van der Waals surface area (Å²) in [6.07, 6.45) is 0. The molecule has 1 amide bonds. The third kappa shape index (κ3) is 5.13.